The van der Waals surface area contributed by atoms with E-state index in [1.165, 1.54) is 6.20 Å². The number of halogens is 1. The van der Waals surface area contributed by atoms with E-state index in [4.69, 9.17) is 26.6 Å². The minimum atomic E-state index is -0.383. The van der Waals surface area contributed by atoms with E-state index in [9.17, 15) is 4.79 Å². The lowest BCUT2D eigenvalue weighted by atomic mass is 9.93. The van der Waals surface area contributed by atoms with Gasteiger partial charge in [-0.25, -0.2) is 9.98 Å². The van der Waals surface area contributed by atoms with E-state index in [0.29, 0.717) is 71.5 Å². The average Bonchev–Trinajstić information content (AvgIpc) is 3.35. The summed E-state index contributed by atoms with van der Waals surface area (Å²) in [4.78, 5) is 28.2. The van der Waals surface area contributed by atoms with Crippen LogP contribution >= 0.6 is 11.6 Å². The molecule has 4 rings (SSSR count). The van der Waals surface area contributed by atoms with Gasteiger partial charge in [-0.15, -0.1) is 0 Å². The Balaban J connectivity index is 1.58. The smallest absolute Gasteiger partial charge is 0.256 e. The third-order valence-corrected chi connectivity index (χ3v) is 5.85. The van der Waals surface area contributed by atoms with E-state index in [2.05, 4.69) is 37.3 Å². The highest BCUT2D eigenvalue weighted by molar-refractivity contribution is 6.41. The molecule has 1 saturated heterocycles. The first-order valence-corrected chi connectivity index (χ1v) is 12.0. The Bertz CT molecular complexity index is 1310. The molecule has 0 bridgehead atoms. The van der Waals surface area contributed by atoms with Crippen molar-refractivity contribution in [2.24, 2.45) is 20.7 Å². The van der Waals surface area contributed by atoms with Gasteiger partial charge in [0.1, 0.15) is 23.0 Å². The maximum atomic E-state index is 12.9. The van der Waals surface area contributed by atoms with Gasteiger partial charge in [-0.05, 0) is 18.2 Å². The maximum Gasteiger partial charge on any atom is 0.256 e. The monoisotopic (exact) mass is 524 g/mol. The molecule has 1 fully saturated rings. The Hall–Kier alpha value is -3.96. The average molecular weight is 525 g/mol. The summed E-state index contributed by atoms with van der Waals surface area (Å²) in [5.41, 5.74) is 7.74. The minimum absolute atomic E-state index is 0.184. The number of hydrogen-bond acceptors (Lipinski definition) is 10. The molecule has 0 aliphatic carbocycles. The topological polar surface area (TPSA) is 143 Å². The number of anilines is 2. The normalized spacial score (nSPS) is 18.4. The molecule has 12 heteroatoms. The highest BCUT2D eigenvalue weighted by Crippen LogP contribution is 2.27. The summed E-state index contributed by atoms with van der Waals surface area (Å²) < 4.78 is 10.7. The van der Waals surface area contributed by atoms with Gasteiger partial charge in [0.25, 0.3) is 5.91 Å². The van der Waals surface area contributed by atoms with Crippen LogP contribution in [0.25, 0.3) is 0 Å². The van der Waals surface area contributed by atoms with E-state index < -0.39 is 0 Å². The van der Waals surface area contributed by atoms with Crippen LogP contribution in [0.4, 0.5) is 11.5 Å². The van der Waals surface area contributed by atoms with Crippen LogP contribution in [0.1, 0.15) is 36.9 Å². The Morgan fingerprint density at radius 1 is 1.24 bits per heavy atom. The molecule has 37 heavy (non-hydrogen) atoms. The minimum Gasteiger partial charge on any atom is -0.383 e. The molecular weight excluding hydrogens is 496 g/mol. The number of rotatable bonds is 5. The van der Waals surface area contributed by atoms with Crippen LogP contribution < -0.4 is 16.4 Å². The summed E-state index contributed by atoms with van der Waals surface area (Å²) in [6, 6.07) is 6.49. The van der Waals surface area contributed by atoms with E-state index >= 15 is 0 Å². The molecule has 2 aliphatic rings. The van der Waals surface area contributed by atoms with Crippen molar-refractivity contribution < 1.29 is 14.1 Å². The van der Waals surface area contributed by atoms with Crippen molar-refractivity contribution in [3.8, 4) is 0 Å². The first-order valence-electron chi connectivity index (χ1n) is 11.6. The third kappa shape index (κ3) is 6.25. The van der Waals surface area contributed by atoms with Gasteiger partial charge < -0.3 is 30.5 Å². The second kappa shape index (κ2) is 11.0. The van der Waals surface area contributed by atoms with Crippen LogP contribution in [0.15, 0.2) is 68.1 Å². The zero-order valence-corrected chi connectivity index (χ0v) is 21.7. The van der Waals surface area contributed by atoms with Gasteiger partial charge in [0.15, 0.2) is 5.82 Å². The number of aromatic nitrogens is 1. The molecule has 0 saturated carbocycles. The molecule has 194 valence electrons. The third-order valence-electron chi connectivity index (χ3n) is 5.52. The summed E-state index contributed by atoms with van der Waals surface area (Å²) in [7, 11) is 0. The number of hydrogen-bond donors (Lipinski definition) is 3. The standard InChI is InChI=1S/C25H29ClN8O3/c1-5-28-18-14-29-24(34-8-10-36-11-9-34)32-21(18)22(27)30-17-12-15(6-7-16(17)26)23(35)31-20-13-19(37-33-20)25(2,3)4/h5-7,12-14,30H,1,8-11,27H2,2-4H3,(H,31,33,35)/b22-21-,28-18-. The number of nitrogens with one attached hydrogen (secondary N) is 2. The van der Waals surface area contributed by atoms with E-state index in [0.717, 1.165) is 0 Å². The number of carbonyl (C=O) groups excluding carboxylic acids is 1. The summed E-state index contributed by atoms with van der Waals surface area (Å²) in [6.07, 6.45) is 2.97. The Morgan fingerprint density at radius 2 is 2.00 bits per heavy atom. The molecule has 11 nitrogen and oxygen atoms in total. The quantitative estimate of drug-likeness (QED) is 0.540. The van der Waals surface area contributed by atoms with Crippen molar-refractivity contribution in [3.05, 3.63) is 64.9 Å². The van der Waals surface area contributed by atoms with Crippen molar-refractivity contribution in [3.63, 3.8) is 0 Å². The van der Waals surface area contributed by atoms with Crippen molar-refractivity contribution in [2.45, 2.75) is 26.2 Å². The fourth-order valence-electron chi connectivity index (χ4n) is 3.52. The molecule has 1 aromatic carbocycles. The number of nitrogens with two attached hydrogens (primary N) is 1. The molecule has 0 atom stereocenters. The van der Waals surface area contributed by atoms with Gasteiger partial charge in [-0.1, -0.05) is 44.1 Å². The van der Waals surface area contributed by atoms with E-state index in [1.807, 2.05) is 25.7 Å². The largest absolute Gasteiger partial charge is 0.383 e. The number of ether oxygens (including phenoxy) is 1. The van der Waals surface area contributed by atoms with Crippen molar-refractivity contribution in [2.75, 3.05) is 36.9 Å². The number of morpholine rings is 1. The summed E-state index contributed by atoms with van der Waals surface area (Å²) in [5.74, 6) is 1.28. The maximum absolute atomic E-state index is 12.9. The molecule has 0 unspecified atom stereocenters. The lowest BCUT2D eigenvalue weighted by Crippen LogP contribution is -2.41. The lowest BCUT2D eigenvalue weighted by Gasteiger charge is -2.29. The number of carbonyl (C=O) groups is 1. The number of aliphatic imine (C=N–C) groups is 3. The number of nitrogens with zero attached hydrogens (tertiary/aromatic N) is 5. The summed E-state index contributed by atoms with van der Waals surface area (Å²) in [5, 5.41) is 10.1. The predicted molar refractivity (Wildman–Crippen MR) is 145 cm³/mol. The molecule has 3 heterocycles. The lowest BCUT2D eigenvalue weighted by molar-refractivity contribution is 0.0676. The second-order valence-corrected chi connectivity index (χ2v) is 9.74. The van der Waals surface area contributed by atoms with Gasteiger partial charge in [-0.2, -0.15) is 0 Å². The van der Waals surface area contributed by atoms with Crippen LogP contribution in [-0.4, -0.2) is 60.2 Å². The Labute approximate surface area is 219 Å². The van der Waals surface area contributed by atoms with Crippen LogP contribution in [-0.2, 0) is 10.2 Å². The van der Waals surface area contributed by atoms with Crippen LogP contribution in [0.3, 0.4) is 0 Å². The molecule has 2 aliphatic heterocycles. The van der Waals surface area contributed by atoms with Crippen LogP contribution in [0, 0.1) is 0 Å². The van der Waals surface area contributed by atoms with Crippen molar-refractivity contribution in [1.82, 2.24) is 10.1 Å². The number of allylic oxidation sites excluding steroid dienone is 1. The highest BCUT2D eigenvalue weighted by Gasteiger charge is 2.23. The summed E-state index contributed by atoms with van der Waals surface area (Å²) in [6.45, 7) is 12.1. The Kier molecular flexibility index (Phi) is 7.74. The number of guanidine groups is 1. The van der Waals surface area contributed by atoms with Crippen LogP contribution in [0.5, 0.6) is 0 Å². The van der Waals surface area contributed by atoms with Crippen molar-refractivity contribution in [1.29, 1.82) is 0 Å². The zero-order chi connectivity index (χ0) is 26.6. The number of amides is 1. The molecule has 2 aromatic rings. The van der Waals surface area contributed by atoms with Gasteiger partial charge >= 0.3 is 0 Å². The van der Waals surface area contributed by atoms with Gasteiger partial charge in [0, 0.05) is 36.3 Å². The molecule has 0 radical (unpaired) electrons. The van der Waals surface area contributed by atoms with E-state index in [1.54, 1.807) is 30.5 Å². The Morgan fingerprint density at radius 3 is 2.68 bits per heavy atom. The summed E-state index contributed by atoms with van der Waals surface area (Å²) >= 11 is 6.42. The highest BCUT2D eigenvalue weighted by atomic mass is 35.5. The SMILES string of the molecule is C=C/N=C1/C=NC(N2CCOCC2)=N/C1=C(/N)Nc1cc(C(=O)Nc2cc(C(C)(C)C)on2)ccc1Cl. The van der Waals surface area contributed by atoms with E-state index in [-0.39, 0.29) is 17.1 Å². The van der Waals surface area contributed by atoms with Gasteiger partial charge in [0.2, 0.25) is 5.96 Å². The zero-order valence-electron chi connectivity index (χ0n) is 20.9. The molecule has 4 N–H and O–H groups in total. The molecule has 1 amide bonds. The second-order valence-electron chi connectivity index (χ2n) is 9.33. The first kappa shape index (κ1) is 26.1. The fraction of sp³-hybridized carbons (Fsp3) is 0.320. The van der Waals surface area contributed by atoms with Gasteiger partial charge in [0.05, 0.1) is 30.1 Å². The van der Waals surface area contributed by atoms with Gasteiger partial charge in [-0.3, -0.25) is 9.79 Å². The van der Waals surface area contributed by atoms with Crippen LogP contribution in [0.2, 0.25) is 5.02 Å². The number of benzene rings is 1. The molecule has 0 spiro atoms. The fourth-order valence-corrected chi connectivity index (χ4v) is 3.68. The predicted octanol–water partition coefficient (Wildman–Crippen LogP) is 3.77. The molecule has 1 aromatic heterocycles. The molecular formula is C25H29ClN8O3. The van der Waals surface area contributed by atoms with Crippen molar-refractivity contribution >= 4 is 46.9 Å². The first-order chi connectivity index (χ1) is 17.7.